The first kappa shape index (κ1) is 21.8. The highest BCUT2D eigenvalue weighted by Gasteiger charge is 2.24. The smallest absolute Gasteiger partial charge is 0.253 e. The molecule has 160 valence electrons. The minimum atomic E-state index is -0.321. The van der Waals surface area contributed by atoms with Crippen molar-refractivity contribution in [3.63, 3.8) is 0 Å². The SMILES string of the molecule is CC(C)(C)NC(=O)CN1CCN(C(=O)c2ccc(Oc3ccc(F)cc3)cc2)CC1. The van der Waals surface area contributed by atoms with Gasteiger partial charge in [-0.15, -0.1) is 0 Å². The van der Waals surface area contributed by atoms with Crippen LogP contribution in [0.2, 0.25) is 0 Å². The molecule has 30 heavy (non-hydrogen) atoms. The summed E-state index contributed by atoms with van der Waals surface area (Å²) in [7, 11) is 0. The standard InChI is InChI=1S/C23H28FN3O3/c1-23(2,3)25-21(28)16-26-12-14-27(15-13-26)22(29)17-4-8-19(9-5-17)30-20-10-6-18(24)7-11-20/h4-11H,12-16H2,1-3H3,(H,25,28). The number of carbonyl (C=O) groups excluding carboxylic acids is 2. The molecule has 1 N–H and O–H groups in total. The van der Waals surface area contributed by atoms with E-state index < -0.39 is 0 Å². The molecule has 3 rings (SSSR count). The molecule has 6 nitrogen and oxygen atoms in total. The van der Waals surface area contributed by atoms with Crippen molar-refractivity contribution in [3.8, 4) is 11.5 Å². The van der Waals surface area contributed by atoms with Gasteiger partial charge in [-0.25, -0.2) is 4.39 Å². The van der Waals surface area contributed by atoms with Crippen LogP contribution in [-0.4, -0.2) is 59.9 Å². The Labute approximate surface area is 176 Å². The molecule has 2 amide bonds. The Balaban J connectivity index is 1.50. The molecule has 1 fully saturated rings. The summed E-state index contributed by atoms with van der Waals surface area (Å²) in [4.78, 5) is 28.7. The van der Waals surface area contributed by atoms with E-state index in [1.807, 2.05) is 20.8 Å². The molecule has 2 aromatic carbocycles. The van der Waals surface area contributed by atoms with Gasteiger partial charge in [-0.05, 0) is 69.3 Å². The predicted octanol–water partition coefficient (Wildman–Crippen LogP) is 3.29. The van der Waals surface area contributed by atoms with Gasteiger partial charge >= 0.3 is 0 Å². The van der Waals surface area contributed by atoms with Gasteiger partial charge in [0, 0.05) is 37.3 Å². The van der Waals surface area contributed by atoms with E-state index >= 15 is 0 Å². The zero-order chi connectivity index (χ0) is 21.7. The van der Waals surface area contributed by atoms with Gasteiger partial charge < -0.3 is 15.0 Å². The minimum Gasteiger partial charge on any atom is -0.457 e. The normalized spacial score (nSPS) is 15.0. The van der Waals surface area contributed by atoms with E-state index in [2.05, 4.69) is 10.2 Å². The van der Waals surface area contributed by atoms with E-state index in [0.29, 0.717) is 49.8 Å². The quantitative estimate of drug-likeness (QED) is 0.817. The van der Waals surface area contributed by atoms with Crippen LogP contribution in [0.1, 0.15) is 31.1 Å². The van der Waals surface area contributed by atoms with Crippen LogP contribution in [0, 0.1) is 5.82 Å². The third kappa shape index (κ3) is 6.29. The molecule has 1 aliphatic heterocycles. The van der Waals surface area contributed by atoms with E-state index in [9.17, 15) is 14.0 Å². The molecule has 0 radical (unpaired) electrons. The van der Waals surface area contributed by atoms with Gasteiger partial charge in [-0.3, -0.25) is 14.5 Å². The topological polar surface area (TPSA) is 61.9 Å². The first-order valence-electron chi connectivity index (χ1n) is 10.1. The maximum Gasteiger partial charge on any atom is 0.253 e. The van der Waals surface area contributed by atoms with E-state index in [1.54, 1.807) is 41.3 Å². The van der Waals surface area contributed by atoms with E-state index in [0.717, 1.165) is 0 Å². The Morgan fingerprint density at radius 3 is 2.00 bits per heavy atom. The minimum absolute atomic E-state index is 0.000908. The molecule has 1 aliphatic rings. The molecule has 2 aromatic rings. The molecular weight excluding hydrogens is 385 g/mol. The second-order valence-corrected chi connectivity index (χ2v) is 8.45. The van der Waals surface area contributed by atoms with Crippen LogP contribution in [0.5, 0.6) is 11.5 Å². The fourth-order valence-corrected chi connectivity index (χ4v) is 3.26. The van der Waals surface area contributed by atoms with Crippen molar-refractivity contribution in [2.24, 2.45) is 0 Å². The summed E-state index contributed by atoms with van der Waals surface area (Å²) in [5, 5.41) is 2.96. The number of carbonyl (C=O) groups is 2. The van der Waals surface area contributed by atoms with Crippen molar-refractivity contribution < 1.29 is 18.7 Å². The highest BCUT2D eigenvalue weighted by molar-refractivity contribution is 5.94. The number of hydrogen-bond acceptors (Lipinski definition) is 4. The third-order valence-corrected chi connectivity index (χ3v) is 4.69. The van der Waals surface area contributed by atoms with Gasteiger partial charge in [0.05, 0.1) is 6.54 Å². The van der Waals surface area contributed by atoms with Gasteiger partial charge in [0.2, 0.25) is 5.91 Å². The lowest BCUT2D eigenvalue weighted by molar-refractivity contribution is -0.124. The average Bonchev–Trinajstić information content (AvgIpc) is 2.69. The number of amides is 2. The highest BCUT2D eigenvalue weighted by atomic mass is 19.1. The number of nitrogens with zero attached hydrogens (tertiary/aromatic N) is 2. The average molecular weight is 413 g/mol. The van der Waals surface area contributed by atoms with Crippen molar-refractivity contribution in [3.05, 3.63) is 59.9 Å². The number of hydrogen-bond donors (Lipinski definition) is 1. The van der Waals surface area contributed by atoms with Crippen LogP contribution in [0.15, 0.2) is 48.5 Å². The molecule has 0 unspecified atom stereocenters. The second-order valence-electron chi connectivity index (χ2n) is 8.45. The molecule has 1 saturated heterocycles. The van der Waals surface area contributed by atoms with Gasteiger partial charge in [0.1, 0.15) is 17.3 Å². The Kier molecular flexibility index (Phi) is 6.72. The fourth-order valence-electron chi connectivity index (χ4n) is 3.26. The van der Waals surface area contributed by atoms with E-state index in [-0.39, 0.29) is 23.2 Å². The Bertz CT molecular complexity index is 868. The molecule has 0 aromatic heterocycles. The maximum atomic E-state index is 13.0. The Hall–Kier alpha value is -2.93. The lowest BCUT2D eigenvalue weighted by Crippen LogP contribution is -2.52. The van der Waals surface area contributed by atoms with E-state index in [4.69, 9.17) is 4.74 Å². The summed E-state index contributed by atoms with van der Waals surface area (Å²) in [5.74, 6) is 0.745. The molecule has 7 heteroatoms. The van der Waals surface area contributed by atoms with Crippen molar-refractivity contribution in [2.75, 3.05) is 32.7 Å². The summed E-state index contributed by atoms with van der Waals surface area (Å²) < 4.78 is 18.6. The van der Waals surface area contributed by atoms with Crippen LogP contribution in [0.25, 0.3) is 0 Å². The maximum absolute atomic E-state index is 13.0. The van der Waals surface area contributed by atoms with Gasteiger partial charge in [-0.1, -0.05) is 0 Å². The van der Waals surface area contributed by atoms with Crippen molar-refractivity contribution >= 4 is 11.8 Å². The van der Waals surface area contributed by atoms with Crippen LogP contribution in [-0.2, 0) is 4.79 Å². The number of ether oxygens (including phenoxy) is 1. The van der Waals surface area contributed by atoms with Gasteiger partial charge in [0.15, 0.2) is 0 Å². The van der Waals surface area contributed by atoms with Crippen molar-refractivity contribution in [1.29, 1.82) is 0 Å². The van der Waals surface area contributed by atoms with Crippen LogP contribution < -0.4 is 10.1 Å². The number of piperazine rings is 1. The largest absolute Gasteiger partial charge is 0.457 e. The van der Waals surface area contributed by atoms with Crippen molar-refractivity contribution in [2.45, 2.75) is 26.3 Å². The summed E-state index contributed by atoms with van der Waals surface area (Å²) in [6, 6.07) is 12.7. The molecule has 1 heterocycles. The molecule has 0 bridgehead atoms. The zero-order valence-electron chi connectivity index (χ0n) is 17.7. The molecule has 0 saturated carbocycles. The Morgan fingerprint density at radius 1 is 0.933 bits per heavy atom. The predicted molar refractivity (Wildman–Crippen MR) is 113 cm³/mol. The Morgan fingerprint density at radius 2 is 1.47 bits per heavy atom. The van der Waals surface area contributed by atoms with Gasteiger partial charge in [-0.2, -0.15) is 0 Å². The fraction of sp³-hybridized carbons (Fsp3) is 0.391. The molecule has 0 atom stereocenters. The number of rotatable bonds is 5. The first-order chi connectivity index (χ1) is 14.2. The molecule has 0 spiro atoms. The van der Waals surface area contributed by atoms with Crippen LogP contribution in [0.3, 0.4) is 0 Å². The van der Waals surface area contributed by atoms with Gasteiger partial charge in [0.25, 0.3) is 5.91 Å². The lowest BCUT2D eigenvalue weighted by Gasteiger charge is -2.35. The monoisotopic (exact) mass is 413 g/mol. The summed E-state index contributed by atoms with van der Waals surface area (Å²) >= 11 is 0. The number of benzene rings is 2. The second kappa shape index (κ2) is 9.26. The lowest BCUT2D eigenvalue weighted by atomic mass is 10.1. The van der Waals surface area contributed by atoms with E-state index in [1.165, 1.54) is 12.1 Å². The number of halogens is 1. The highest BCUT2D eigenvalue weighted by Crippen LogP contribution is 2.22. The summed E-state index contributed by atoms with van der Waals surface area (Å²) in [6.07, 6.45) is 0. The zero-order valence-corrected chi connectivity index (χ0v) is 17.7. The third-order valence-electron chi connectivity index (χ3n) is 4.69. The summed E-state index contributed by atoms with van der Waals surface area (Å²) in [6.45, 7) is 8.69. The van der Waals surface area contributed by atoms with Crippen LogP contribution >= 0.6 is 0 Å². The first-order valence-corrected chi connectivity index (χ1v) is 10.1. The summed E-state index contributed by atoms with van der Waals surface area (Å²) in [5.41, 5.74) is 0.335. The van der Waals surface area contributed by atoms with Crippen LogP contribution in [0.4, 0.5) is 4.39 Å². The molecular formula is C23H28FN3O3. The number of nitrogens with one attached hydrogen (secondary N) is 1. The van der Waals surface area contributed by atoms with Crippen molar-refractivity contribution in [1.82, 2.24) is 15.1 Å². The molecule has 0 aliphatic carbocycles.